The summed E-state index contributed by atoms with van der Waals surface area (Å²) in [5.41, 5.74) is 7.87. The Morgan fingerprint density at radius 3 is 2.86 bits per heavy atom. The number of ether oxygens (including phenoxy) is 1. The maximum atomic E-state index is 5.39. The van der Waals surface area contributed by atoms with Crippen molar-refractivity contribution >= 4 is 0 Å². The van der Waals surface area contributed by atoms with Crippen LogP contribution in [0.25, 0.3) is 0 Å². The van der Waals surface area contributed by atoms with E-state index in [1.807, 2.05) is 6.07 Å². The Morgan fingerprint density at radius 2 is 2.14 bits per heavy atom. The molecule has 1 aromatic rings. The molecule has 0 saturated carbocycles. The van der Waals surface area contributed by atoms with Gasteiger partial charge in [0.05, 0.1) is 6.61 Å². The Bertz CT molecular complexity index is 263. The van der Waals surface area contributed by atoms with E-state index in [4.69, 9.17) is 10.5 Å². The van der Waals surface area contributed by atoms with Gasteiger partial charge in [0.2, 0.25) is 0 Å². The molecule has 78 valence electrons. The van der Waals surface area contributed by atoms with Gasteiger partial charge in [0.15, 0.2) is 0 Å². The van der Waals surface area contributed by atoms with Crippen LogP contribution in [0.2, 0.25) is 0 Å². The molecule has 0 bridgehead atoms. The van der Waals surface area contributed by atoms with Crippen LogP contribution < -0.4 is 11.1 Å². The second kappa shape index (κ2) is 6.54. The van der Waals surface area contributed by atoms with Gasteiger partial charge < -0.3 is 15.8 Å². The van der Waals surface area contributed by atoms with Crippen molar-refractivity contribution in [2.24, 2.45) is 5.73 Å². The summed E-state index contributed by atoms with van der Waals surface area (Å²) in [6.07, 6.45) is 0. The van der Waals surface area contributed by atoms with Gasteiger partial charge in [0, 0.05) is 26.7 Å². The molecule has 0 aliphatic heterocycles. The van der Waals surface area contributed by atoms with E-state index < -0.39 is 0 Å². The Kier molecular flexibility index (Phi) is 5.22. The molecule has 3 N–H and O–H groups in total. The fourth-order valence-corrected chi connectivity index (χ4v) is 1.33. The van der Waals surface area contributed by atoms with Crippen molar-refractivity contribution in [3.05, 3.63) is 35.4 Å². The molecule has 0 unspecified atom stereocenters. The second-order valence-electron chi connectivity index (χ2n) is 3.22. The summed E-state index contributed by atoms with van der Waals surface area (Å²) in [7, 11) is 1.71. The fraction of sp³-hybridized carbons (Fsp3) is 0.455. The van der Waals surface area contributed by atoms with Crippen LogP contribution in [0.5, 0.6) is 0 Å². The lowest BCUT2D eigenvalue weighted by Gasteiger charge is -2.05. The number of methoxy groups -OCH3 is 1. The average molecular weight is 194 g/mol. The zero-order valence-electron chi connectivity index (χ0n) is 8.62. The molecule has 0 amide bonds. The molecule has 0 atom stereocenters. The average Bonchev–Trinajstić information content (AvgIpc) is 2.19. The zero-order valence-corrected chi connectivity index (χ0v) is 8.62. The monoisotopic (exact) mass is 194 g/mol. The van der Waals surface area contributed by atoms with Gasteiger partial charge in [-0.15, -0.1) is 0 Å². The molecule has 14 heavy (non-hydrogen) atoms. The third-order valence-electron chi connectivity index (χ3n) is 1.95. The van der Waals surface area contributed by atoms with E-state index in [1.165, 1.54) is 11.1 Å². The first-order valence-electron chi connectivity index (χ1n) is 4.84. The molecule has 3 heteroatoms. The molecule has 0 aromatic heterocycles. The zero-order chi connectivity index (χ0) is 10.2. The van der Waals surface area contributed by atoms with Crippen LogP contribution in [0, 0.1) is 0 Å². The molecule has 0 spiro atoms. The smallest absolute Gasteiger partial charge is 0.0713 e. The number of benzene rings is 1. The molecule has 0 fully saturated rings. The van der Waals surface area contributed by atoms with E-state index >= 15 is 0 Å². The Morgan fingerprint density at radius 1 is 1.36 bits per heavy atom. The number of nitrogens with two attached hydrogens (primary N) is 1. The van der Waals surface area contributed by atoms with Gasteiger partial charge in [0.25, 0.3) is 0 Å². The minimum absolute atomic E-state index is 0.671. The molecule has 0 aliphatic carbocycles. The van der Waals surface area contributed by atoms with Crippen LogP contribution in [-0.4, -0.2) is 20.2 Å². The third kappa shape index (κ3) is 3.87. The van der Waals surface area contributed by atoms with Crippen LogP contribution in [0.3, 0.4) is 0 Å². The summed E-state index contributed by atoms with van der Waals surface area (Å²) < 4.78 is 5.07. The molecule has 1 rings (SSSR count). The first-order valence-corrected chi connectivity index (χ1v) is 4.84. The minimum atomic E-state index is 0.671. The van der Waals surface area contributed by atoms with Crippen LogP contribution in [-0.2, 0) is 17.9 Å². The summed E-state index contributed by atoms with van der Waals surface area (Å²) >= 11 is 0. The van der Waals surface area contributed by atoms with Gasteiger partial charge in [-0.05, 0) is 11.1 Å². The lowest BCUT2D eigenvalue weighted by Crippen LogP contribution is -2.21. The van der Waals surface area contributed by atoms with Gasteiger partial charge >= 0.3 is 0 Å². The Hall–Kier alpha value is -0.900. The first-order chi connectivity index (χ1) is 6.86. The molecule has 3 nitrogen and oxygen atoms in total. The third-order valence-corrected chi connectivity index (χ3v) is 1.95. The predicted molar refractivity (Wildman–Crippen MR) is 57.9 cm³/mol. The highest BCUT2D eigenvalue weighted by molar-refractivity contribution is 5.22. The van der Waals surface area contributed by atoms with Crippen molar-refractivity contribution in [2.75, 3.05) is 20.2 Å². The second-order valence-corrected chi connectivity index (χ2v) is 3.22. The number of hydrogen-bond donors (Lipinski definition) is 2. The SMILES string of the molecule is COCc1cccc(CNCCN)c1. The van der Waals surface area contributed by atoms with Gasteiger partial charge in [-0.2, -0.15) is 0 Å². The number of rotatable bonds is 6. The molecule has 0 saturated heterocycles. The summed E-state index contributed by atoms with van der Waals surface area (Å²) in [5, 5.41) is 3.25. The summed E-state index contributed by atoms with van der Waals surface area (Å²) in [5.74, 6) is 0. The van der Waals surface area contributed by atoms with Crippen LogP contribution in [0.1, 0.15) is 11.1 Å². The van der Waals surface area contributed by atoms with E-state index in [1.54, 1.807) is 7.11 Å². The minimum Gasteiger partial charge on any atom is -0.380 e. The lowest BCUT2D eigenvalue weighted by atomic mass is 10.1. The van der Waals surface area contributed by atoms with Crippen molar-refractivity contribution in [3.8, 4) is 0 Å². The molecule has 0 radical (unpaired) electrons. The van der Waals surface area contributed by atoms with Gasteiger partial charge in [-0.3, -0.25) is 0 Å². The normalized spacial score (nSPS) is 10.4. The Labute approximate surface area is 85.3 Å². The highest BCUT2D eigenvalue weighted by Crippen LogP contribution is 2.05. The van der Waals surface area contributed by atoms with Crippen LogP contribution >= 0.6 is 0 Å². The van der Waals surface area contributed by atoms with Gasteiger partial charge in [0.1, 0.15) is 0 Å². The van der Waals surface area contributed by atoms with Crippen LogP contribution in [0.15, 0.2) is 24.3 Å². The quantitative estimate of drug-likeness (QED) is 0.661. The first kappa shape index (κ1) is 11.2. The van der Waals surface area contributed by atoms with E-state index in [9.17, 15) is 0 Å². The summed E-state index contributed by atoms with van der Waals surface area (Å²) in [6.45, 7) is 3.08. The number of nitrogens with one attached hydrogen (secondary N) is 1. The molecular weight excluding hydrogens is 176 g/mol. The van der Waals surface area contributed by atoms with E-state index in [0.717, 1.165) is 13.1 Å². The predicted octanol–water partition coefficient (Wildman–Crippen LogP) is 0.881. The maximum Gasteiger partial charge on any atom is 0.0713 e. The van der Waals surface area contributed by atoms with Gasteiger partial charge in [-0.1, -0.05) is 24.3 Å². The van der Waals surface area contributed by atoms with Crippen molar-refractivity contribution in [1.82, 2.24) is 5.32 Å². The number of hydrogen-bond acceptors (Lipinski definition) is 3. The van der Waals surface area contributed by atoms with E-state index in [2.05, 4.69) is 23.5 Å². The lowest BCUT2D eigenvalue weighted by molar-refractivity contribution is 0.185. The van der Waals surface area contributed by atoms with Crippen molar-refractivity contribution in [1.29, 1.82) is 0 Å². The molecule has 0 aliphatic rings. The largest absolute Gasteiger partial charge is 0.380 e. The van der Waals surface area contributed by atoms with Crippen molar-refractivity contribution in [2.45, 2.75) is 13.2 Å². The van der Waals surface area contributed by atoms with Crippen molar-refractivity contribution in [3.63, 3.8) is 0 Å². The van der Waals surface area contributed by atoms with Gasteiger partial charge in [-0.25, -0.2) is 0 Å². The highest BCUT2D eigenvalue weighted by atomic mass is 16.5. The summed E-state index contributed by atoms with van der Waals surface area (Å²) in [6, 6.07) is 8.36. The van der Waals surface area contributed by atoms with Crippen LogP contribution in [0.4, 0.5) is 0 Å². The molecule has 1 aromatic carbocycles. The maximum absolute atomic E-state index is 5.39. The topological polar surface area (TPSA) is 47.3 Å². The molecule has 0 heterocycles. The van der Waals surface area contributed by atoms with E-state index in [-0.39, 0.29) is 0 Å². The highest BCUT2D eigenvalue weighted by Gasteiger charge is 1.94. The fourth-order valence-electron chi connectivity index (χ4n) is 1.33. The standard InChI is InChI=1S/C11H18N2O/c1-14-9-11-4-2-3-10(7-11)8-13-6-5-12/h2-4,7,13H,5-6,8-9,12H2,1H3. The Balaban J connectivity index is 2.46. The van der Waals surface area contributed by atoms with Crippen molar-refractivity contribution < 1.29 is 4.74 Å². The van der Waals surface area contributed by atoms with E-state index in [0.29, 0.717) is 13.2 Å². The molecular formula is C11H18N2O. The summed E-state index contributed by atoms with van der Waals surface area (Å²) in [4.78, 5) is 0.